The minimum absolute atomic E-state index is 0.0389. The third kappa shape index (κ3) is 43.6. The number of carboxylic acid groups (broad SMARTS) is 1. The molecule has 0 radical (unpaired) electrons. The van der Waals surface area contributed by atoms with E-state index in [4.69, 9.17) is 30.6 Å². The lowest BCUT2D eigenvalue weighted by Crippen LogP contribution is -2.48. The van der Waals surface area contributed by atoms with Crippen LogP contribution < -0.4 is 5.73 Å². The van der Waals surface area contributed by atoms with E-state index in [-0.39, 0.29) is 95.3 Å². The molecule has 0 fully saturated rings. The van der Waals surface area contributed by atoms with Gasteiger partial charge in [-0.05, 0) is 249 Å². The second-order valence-corrected chi connectivity index (χ2v) is 34.3. The molecular weight excluding hydrogens is 1500 g/mol. The number of thioether (sulfide) groups is 8. The number of nitrogens with two attached hydrogens (primary N) is 1. The topological polar surface area (TPSA) is 295 Å². The van der Waals surface area contributed by atoms with E-state index in [1.54, 1.807) is 140 Å². The number of amides is 5. The van der Waals surface area contributed by atoms with Crippen molar-refractivity contribution in [2.75, 3.05) is 110 Å². The van der Waals surface area contributed by atoms with Crippen LogP contribution >= 0.6 is 94.1 Å². The summed E-state index contributed by atoms with van der Waals surface area (Å²) in [5.74, 6) is 8.49. The fraction of sp³-hybridized carbons (Fsp3) is 0.667. The Bertz CT molecular complexity index is 2750. The highest BCUT2D eigenvalue weighted by Gasteiger charge is 2.41. The highest BCUT2D eigenvalue weighted by molar-refractivity contribution is 7.99. The average molecular weight is 1640 g/mol. The van der Waals surface area contributed by atoms with Crippen molar-refractivity contribution in [1.29, 1.82) is 0 Å². The molecule has 2 heterocycles. The van der Waals surface area contributed by atoms with Crippen LogP contribution in [0.15, 0.2) is 72.8 Å². The molecular formula is C78H131N5O15S8. The summed E-state index contributed by atoms with van der Waals surface area (Å²) in [7, 11) is 3.14. The number of nitrogens with zero attached hydrogens (tertiary/aromatic N) is 4. The second-order valence-electron chi connectivity index (χ2n) is 26.4. The third-order valence-electron chi connectivity index (χ3n) is 18.1. The van der Waals surface area contributed by atoms with Crippen LogP contribution in [0.25, 0.3) is 0 Å². The standard InChI is InChI=1S/C15H19NO2S.C14H18N2O2S.C14H19NO4S.C8H17NO2S.2C7H16OS.C7H14OS.C6H12O2S/c1-10(8-9-19-3)11(2)16-14(17)12-6-4-5-7-13(12)15(16)18;1-9(12(15)7-8-19-2)16-13(17)10-5-3-4-6-11(10)14(16)18;1-10(8-9-20-3)11(2)19-14(16)12-4-6-13(7-5-12)15(17)18;1-7(5-6-12-4)8(10)9(2)11-3;3*1-6(7(2)8)4-5-9-3;1-5(6(7)8)3-4-9-2/h4-7,10-11H,8-9H2,1-3H3;3-6,9,12H,7-8,15H2,1-2H3;4-7,10-11H,8-9H2,1-3H3;7H,5-6H2,1-4H3;2*6-8H,4-5H2,1-3H3;6H,4-5H2,1-3H3;5H,3-4H2,1-2H3,(H,7,8)/t10-,11+;9-,12+;10-,11?;7-;2*6-,7?;6-;5-/m10111111/s1. The van der Waals surface area contributed by atoms with Gasteiger partial charge in [-0.2, -0.15) is 94.1 Å². The smallest absolute Gasteiger partial charge is 0.338 e. The lowest BCUT2D eigenvalue weighted by Gasteiger charge is -2.28. The van der Waals surface area contributed by atoms with E-state index < -0.39 is 16.9 Å². The first-order chi connectivity index (χ1) is 50.0. The van der Waals surface area contributed by atoms with Crippen molar-refractivity contribution < 1.29 is 68.2 Å². The van der Waals surface area contributed by atoms with E-state index in [0.29, 0.717) is 51.4 Å². The van der Waals surface area contributed by atoms with Crippen molar-refractivity contribution in [1.82, 2.24) is 14.9 Å². The number of fused-ring (bicyclic) bond motifs is 2. The molecule has 2 aliphatic heterocycles. The number of benzene rings is 3. The van der Waals surface area contributed by atoms with Gasteiger partial charge in [0.05, 0.1) is 64.0 Å². The minimum atomic E-state index is -0.691. The Labute approximate surface area is 671 Å². The van der Waals surface area contributed by atoms with Gasteiger partial charge in [-0.15, -0.1) is 0 Å². The van der Waals surface area contributed by atoms with Crippen LogP contribution in [0.5, 0.6) is 0 Å². The molecule has 0 saturated carbocycles. The lowest BCUT2D eigenvalue weighted by molar-refractivity contribution is -0.384. The fourth-order valence-corrected chi connectivity index (χ4v) is 13.8. The molecule has 13 atom stereocenters. The molecule has 3 unspecified atom stereocenters. The van der Waals surface area contributed by atoms with Crippen LogP contribution in [-0.2, 0) is 24.0 Å². The van der Waals surface area contributed by atoms with Crippen LogP contribution in [0.4, 0.5) is 5.69 Å². The van der Waals surface area contributed by atoms with E-state index in [1.807, 2.05) is 104 Å². The summed E-state index contributed by atoms with van der Waals surface area (Å²) in [5.41, 5.74) is 8.42. The average Bonchev–Trinajstić information content (AvgIpc) is 1.63. The first kappa shape index (κ1) is 106. The molecule has 0 bridgehead atoms. The zero-order valence-electron chi connectivity index (χ0n) is 67.6. The Morgan fingerprint density at radius 2 is 0.792 bits per heavy atom. The van der Waals surface area contributed by atoms with Crippen molar-refractivity contribution in [3.05, 3.63) is 111 Å². The van der Waals surface area contributed by atoms with Gasteiger partial charge in [-0.3, -0.25) is 58.3 Å². The number of nitro benzene ring substituents is 1. The predicted molar refractivity (Wildman–Crippen MR) is 458 cm³/mol. The van der Waals surface area contributed by atoms with E-state index >= 15 is 0 Å². The minimum Gasteiger partial charge on any atom is -0.481 e. The van der Waals surface area contributed by atoms with Gasteiger partial charge in [-0.25, -0.2) is 9.86 Å². The number of esters is 1. The van der Waals surface area contributed by atoms with Gasteiger partial charge in [0, 0.05) is 43.1 Å². The van der Waals surface area contributed by atoms with Gasteiger partial charge in [0.15, 0.2) is 0 Å². The number of nitro groups is 1. The molecule has 3 aromatic rings. The van der Waals surface area contributed by atoms with E-state index in [1.165, 1.54) is 46.2 Å². The fourth-order valence-electron chi connectivity index (χ4n) is 9.08. The summed E-state index contributed by atoms with van der Waals surface area (Å²) in [6, 6.07) is 18.9. The molecule has 0 spiro atoms. The van der Waals surface area contributed by atoms with Gasteiger partial charge in [0.1, 0.15) is 11.9 Å². The summed E-state index contributed by atoms with van der Waals surface area (Å²) in [5, 5.41) is 38.3. The number of ketones is 1. The van der Waals surface area contributed by atoms with Crippen molar-refractivity contribution >= 4 is 147 Å². The number of aliphatic carboxylic acids is 1. The van der Waals surface area contributed by atoms with Gasteiger partial charge in [0.2, 0.25) is 5.91 Å². The first-order valence-corrected chi connectivity index (χ1v) is 47.1. The van der Waals surface area contributed by atoms with Gasteiger partial charge in [0.25, 0.3) is 29.3 Å². The number of Topliss-reactive ketones (excluding diaryl/α,β-unsaturated/α-hetero) is 1. The summed E-state index contributed by atoms with van der Waals surface area (Å²) in [6.45, 7) is 25.0. The molecule has 0 aromatic heterocycles. The van der Waals surface area contributed by atoms with Gasteiger partial charge >= 0.3 is 11.9 Å². The Kier molecular flexibility index (Phi) is 62.8. The number of ether oxygens (including phenoxy) is 1. The molecule has 3 aromatic carbocycles. The van der Waals surface area contributed by atoms with Crippen LogP contribution in [-0.4, -0.2) is 229 Å². The summed E-state index contributed by atoms with van der Waals surface area (Å²) in [4.78, 5) is 111. The molecule has 20 nitrogen and oxygen atoms in total. The van der Waals surface area contributed by atoms with Crippen LogP contribution in [0.3, 0.4) is 0 Å². The first-order valence-electron chi connectivity index (χ1n) is 35.9. The monoisotopic (exact) mass is 1630 g/mol. The molecule has 5 amide bonds. The van der Waals surface area contributed by atoms with Crippen molar-refractivity contribution in [3.8, 4) is 0 Å². The zero-order chi connectivity index (χ0) is 81.8. The highest BCUT2D eigenvalue weighted by atomic mass is 32.2. The van der Waals surface area contributed by atoms with Crippen LogP contribution in [0.1, 0.15) is 193 Å². The van der Waals surface area contributed by atoms with Gasteiger partial charge in [-0.1, -0.05) is 72.7 Å². The maximum atomic E-state index is 12.3. The number of rotatable bonds is 38. The number of non-ortho nitro benzene ring substituents is 1. The number of carbonyl (C=O) groups excluding carboxylic acids is 7. The van der Waals surface area contributed by atoms with E-state index in [9.17, 15) is 48.5 Å². The SMILES string of the molecule is CON(C)C(=O)[C@H](C)CCSC.CSCC[C@@H](C)C(=O)O.CSCC[C@@H](C)C(C)=O.CSCC[C@@H](C)C(C)O.CSCC[C@@H](C)C(C)O.CSCC[C@@H](C)C(C)OC(=O)c1ccc([N+](=O)[O-])cc1.CSCC[C@@H](C)[C@H](C)N1C(=O)c2ccccc2C1=O.CSCC[C@@H](N)[C@H](C)N1C(=O)c2ccccc2C1=O. The number of carboxylic acids is 1. The number of aliphatic hydroxyl groups excluding tert-OH is 2. The molecule has 2 aliphatic rings. The molecule has 106 heavy (non-hydrogen) atoms. The Balaban J connectivity index is -0.00000117. The summed E-state index contributed by atoms with van der Waals surface area (Å²) in [6.07, 6.45) is 23.7. The van der Waals surface area contributed by atoms with Crippen molar-refractivity contribution in [2.24, 2.45) is 47.2 Å². The lowest BCUT2D eigenvalue weighted by atomic mass is 9.99. The van der Waals surface area contributed by atoms with E-state index in [0.717, 1.165) is 97.4 Å². The zero-order valence-corrected chi connectivity index (χ0v) is 74.2. The molecule has 0 saturated heterocycles. The quantitative estimate of drug-likeness (QED) is 0.0179. The number of hydrogen-bond acceptors (Lipinski definition) is 23. The second kappa shape index (κ2) is 62.7. The van der Waals surface area contributed by atoms with Crippen LogP contribution in [0.2, 0.25) is 0 Å². The van der Waals surface area contributed by atoms with Crippen molar-refractivity contribution in [2.45, 2.75) is 178 Å². The summed E-state index contributed by atoms with van der Waals surface area (Å²) >= 11 is 14.2. The number of hydrogen-bond donors (Lipinski definition) is 4. The molecule has 5 N–H and O–H groups in total. The molecule has 28 heteroatoms. The Hall–Kier alpha value is -3.94. The highest BCUT2D eigenvalue weighted by Crippen LogP contribution is 2.30. The largest absolute Gasteiger partial charge is 0.481 e. The molecule has 606 valence electrons. The van der Waals surface area contributed by atoms with Crippen molar-refractivity contribution in [3.63, 3.8) is 0 Å². The normalized spacial score (nSPS) is 15.5. The predicted octanol–water partition coefficient (Wildman–Crippen LogP) is 16.7. The number of imide groups is 2. The molecule has 0 aliphatic carbocycles. The van der Waals surface area contributed by atoms with Crippen LogP contribution in [0, 0.1) is 51.5 Å². The maximum Gasteiger partial charge on any atom is 0.338 e. The van der Waals surface area contributed by atoms with Gasteiger partial charge < -0.3 is 25.8 Å². The molecule has 5 rings (SSSR count). The van der Waals surface area contributed by atoms with E-state index in [2.05, 4.69) is 45.8 Å². The maximum absolute atomic E-state index is 12.3. The number of carbonyl (C=O) groups is 8. The third-order valence-corrected chi connectivity index (χ3v) is 23.3. The number of aliphatic hydroxyl groups is 2. The Morgan fingerprint density at radius 3 is 1.11 bits per heavy atom. The number of hydroxylamine groups is 2. The summed E-state index contributed by atoms with van der Waals surface area (Å²) < 4.78 is 5.38. The Morgan fingerprint density at radius 1 is 0.481 bits per heavy atom.